The molecule has 1 unspecified atom stereocenters. The van der Waals surface area contributed by atoms with Gasteiger partial charge in [-0.2, -0.15) is 0 Å². The van der Waals surface area contributed by atoms with Gasteiger partial charge in [0.25, 0.3) is 5.79 Å². The number of nitrogens with one attached hydrogen (secondary N) is 1. The minimum Gasteiger partial charge on any atom is -0.481 e. The summed E-state index contributed by atoms with van der Waals surface area (Å²) in [4.78, 5) is 25.3. The van der Waals surface area contributed by atoms with Crippen LogP contribution in [0.2, 0.25) is 0 Å². The molecule has 1 aliphatic carbocycles. The number of aliphatic carboxylic acids is 1. The van der Waals surface area contributed by atoms with Crippen LogP contribution < -0.4 is 14.8 Å². The summed E-state index contributed by atoms with van der Waals surface area (Å²) in [7, 11) is 0. The van der Waals surface area contributed by atoms with Crippen LogP contribution in [-0.2, 0) is 4.79 Å². The van der Waals surface area contributed by atoms with E-state index in [0.29, 0.717) is 30.2 Å². The second-order valence-corrected chi connectivity index (χ2v) is 7.80. The van der Waals surface area contributed by atoms with Gasteiger partial charge in [0.15, 0.2) is 11.5 Å². The summed E-state index contributed by atoms with van der Waals surface area (Å²) < 4.78 is 12.1. The van der Waals surface area contributed by atoms with Crippen molar-refractivity contribution in [3.05, 3.63) is 18.2 Å². The molecule has 0 aromatic heterocycles. The van der Waals surface area contributed by atoms with Gasteiger partial charge in [0.1, 0.15) is 0 Å². The number of carboxylic acid groups (broad SMARTS) is 1. The van der Waals surface area contributed by atoms with Gasteiger partial charge in [-0.05, 0) is 38.3 Å². The first-order valence-electron chi connectivity index (χ1n) is 9.21. The molecular weight excluding hydrogens is 336 g/mol. The normalized spacial score (nSPS) is 26.1. The lowest BCUT2D eigenvalue weighted by Crippen LogP contribution is -2.40. The van der Waals surface area contributed by atoms with E-state index < -0.39 is 17.2 Å². The fourth-order valence-corrected chi connectivity index (χ4v) is 3.98. The number of rotatable bonds is 2. The lowest BCUT2D eigenvalue weighted by molar-refractivity contribution is -0.147. The van der Waals surface area contributed by atoms with Crippen molar-refractivity contribution in [1.29, 1.82) is 0 Å². The minimum absolute atomic E-state index is 0.210. The largest absolute Gasteiger partial charge is 0.481 e. The fourth-order valence-electron chi connectivity index (χ4n) is 3.98. The maximum atomic E-state index is 12.5. The number of carboxylic acids is 1. The summed E-state index contributed by atoms with van der Waals surface area (Å²) in [6.07, 6.45) is 5.61. The molecular formula is C19H24N2O5. The Balaban J connectivity index is 1.42. The summed E-state index contributed by atoms with van der Waals surface area (Å²) in [5.74, 6) is -0.0405. The van der Waals surface area contributed by atoms with Crippen molar-refractivity contribution in [3.63, 3.8) is 0 Å². The minimum atomic E-state index is -0.875. The van der Waals surface area contributed by atoms with Crippen LogP contribution in [0.25, 0.3) is 0 Å². The number of likely N-dealkylation sites (tertiary alicyclic amines) is 1. The van der Waals surface area contributed by atoms with Crippen molar-refractivity contribution >= 4 is 17.7 Å². The van der Waals surface area contributed by atoms with Crippen LogP contribution in [0.1, 0.15) is 45.4 Å². The molecule has 140 valence electrons. The average molecular weight is 360 g/mol. The number of benzene rings is 1. The van der Waals surface area contributed by atoms with Crippen LogP contribution in [0.5, 0.6) is 11.5 Å². The summed E-state index contributed by atoms with van der Waals surface area (Å²) >= 11 is 0. The zero-order valence-corrected chi connectivity index (χ0v) is 14.9. The van der Waals surface area contributed by atoms with E-state index in [2.05, 4.69) is 5.32 Å². The molecule has 3 aliphatic rings. The molecule has 0 bridgehead atoms. The Morgan fingerprint density at radius 2 is 1.85 bits per heavy atom. The van der Waals surface area contributed by atoms with E-state index >= 15 is 0 Å². The van der Waals surface area contributed by atoms with E-state index in [-0.39, 0.29) is 12.6 Å². The molecule has 7 heteroatoms. The summed E-state index contributed by atoms with van der Waals surface area (Å²) in [5.41, 5.74) is -0.256. The standard InChI is InChI=1S/C19H24N2O5/c1-18(16(22)23)9-10-21(12-18)17(24)20-13-5-6-14-15(11-13)26-19(25-14)7-3-2-4-8-19/h5-6,11H,2-4,7-10,12H2,1H3,(H,20,24)(H,22,23). The van der Waals surface area contributed by atoms with E-state index in [1.54, 1.807) is 24.0 Å². The SMILES string of the molecule is CC1(C(=O)O)CCN(C(=O)Nc2ccc3c(c2)OC2(CCCCC2)O3)C1. The number of carbonyl (C=O) groups is 2. The predicted molar refractivity (Wildman–Crippen MR) is 94.5 cm³/mol. The van der Waals surface area contributed by atoms with E-state index in [1.165, 1.54) is 6.42 Å². The Labute approximate surface area is 152 Å². The Bertz CT molecular complexity index is 743. The predicted octanol–water partition coefficient (Wildman–Crippen LogP) is 3.45. The molecule has 1 atom stereocenters. The summed E-state index contributed by atoms with van der Waals surface area (Å²) in [6, 6.07) is 5.10. The van der Waals surface area contributed by atoms with Crippen LogP contribution in [0, 0.1) is 5.41 Å². The Hall–Kier alpha value is -2.44. The molecule has 2 amide bonds. The lowest BCUT2D eigenvalue weighted by Gasteiger charge is -2.31. The van der Waals surface area contributed by atoms with E-state index in [4.69, 9.17) is 9.47 Å². The third-order valence-electron chi connectivity index (χ3n) is 5.68. The molecule has 7 nitrogen and oxygen atoms in total. The van der Waals surface area contributed by atoms with Gasteiger partial charge < -0.3 is 24.8 Å². The monoisotopic (exact) mass is 360 g/mol. The van der Waals surface area contributed by atoms with E-state index in [0.717, 1.165) is 25.7 Å². The Morgan fingerprint density at radius 3 is 2.54 bits per heavy atom. The highest BCUT2D eigenvalue weighted by molar-refractivity contribution is 5.90. The number of hydrogen-bond donors (Lipinski definition) is 2. The van der Waals surface area contributed by atoms with Gasteiger partial charge in [0, 0.05) is 37.7 Å². The van der Waals surface area contributed by atoms with Crippen LogP contribution in [0.15, 0.2) is 18.2 Å². The number of nitrogens with zero attached hydrogens (tertiary/aromatic N) is 1. The number of anilines is 1. The average Bonchev–Trinajstić information content (AvgIpc) is 3.17. The van der Waals surface area contributed by atoms with E-state index in [9.17, 15) is 14.7 Å². The molecule has 2 aliphatic heterocycles. The van der Waals surface area contributed by atoms with Gasteiger partial charge in [-0.3, -0.25) is 4.79 Å². The zero-order valence-electron chi connectivity index (χ0n) is 14.9. The van der Waals surface area contributed by atoms with Crippen molar-refractivity contribution in [2.45, 2.75) is 51.2 Å². The number of urea groups is 1. The molecule has 1 saturated carbocycles. The van der Waals surface area contributed by atoms with Crippen LogP contribution in [-0.4, -0.2) is 40.9 Å². The first-order chi connectivity index (χ1) is 12.4. The molecule has 1 spiro atoms. The van der Waals surface area contributed by atoms with Crippen LogP contribution in [0.4, 0.5) is 10.5 Å². The molecule has 1 aromatic carbocycles. The van der Waals surface area contributed by atoms with Gasteiger partial charge in [-0.1, -0.05) is 6.42 Å². The number of carbonyl (C=O) groups excluding carboxylic acids is 1. The molecule has 1 aromatic rings. The highest BCUT2D eigenvalue weighted by Crippen LogP contribution is 2.46. The first-order valence-corrected chi connectivity index (χ1v) is 9.21. The Kier molecular flexibility index (Phi) is 3.97. The first kappa shape index (κ1) is 17.0. The highest BCUT2D eigenvalue weighted by atomic mass is 16.7. The number of fused-ring (bicyclic) bond motifs is 1. The third kappa shape index (κ3) is 2.95. The number of ether oxygens (including phenoxy) is 2. The summed E-state index contributed by atoms with van der Waals surface area (Å²) in [6.45, 7) is 2.32. The molecule has 2 fully saturated rings. The van der Waals surface area contributed by atoms with Crippen LogP contribution >= 0.6 is 0 Å². The lowest BCUT2D eigenvalue weighted by atomic mass is 9.90. The topological polar surface area (TPSA) is 88.1 Å². The van der Waals surface area contributed by atoms with Gasteiger partial charge >= 0.3 is 12.0 Å². The van der Waals surface area contributed by atoms with Gasteiger partial charge in [-0.15, -0.1) is 0 Å². The second kappa shape index (κ2) is 6.07. The van der Waals surface area contributed by atoms with Crippen molar-refractivity contribution in [2.24, 2.45) is 5.41 Å². The summed E-state index contributed by atoms with van der Waals surface area (Å²) in [5, 5.41) is 12.1. The van der Waals surface area contributed by atoms with Crippen molar-refractivity contribution < 1.29 is 24.2 Å². The maximum Gasteiger partial charge on any atom is 0.321 e. The Morgan fingerprint density at radius 1 is 1.12 bits per heavy atom. The zero-order chi connectivity index (χ0) is 18.4. The molecule has 26 heavy (non-hydrogen) atoms. The molecule has 0 radical (unpaired) electrons. The number of amides is 2. The quantitative estimate of drug-likeness (QED) is 0.843. The van der Waals surface area contributed by atoms with Crippen molar-refractivity contribution in [1.82, 2.24) is 4.90 Å². The third-order valence-corrected chi connectivity index (χ3v) is 5.68. The molecule has 2 heterocycles. The maximum absolute atomic E-state index is 12.5. The van der Waals surface area contributed by atoms with E-state index in [1.807, 2.05) is 6.07 Å². The second-order valence-electron chi connectivity index (χ2n) is 7.80. The molecule has 4 rings (SSSR count). The van der Waals surface area contributed by atoms with Gasteiger partial charge in [0.05, 0.1) is 5.41 Å². The molecule has 2 N–H and O–H groups in total. The smallest absolute Gasteiger partial charge is 0.321 e. The molecule has 1 saturated heterocycles. The number of hydrogen-bond acceptors (Lipinski definition) is 4. The van der Waals surface area contributed by atoms with Crippen molar-refractivity contribution in [2.75, 3.05) is 18.4 Å². The highest BCUT2D eigenvalue weighted by Gasteiger charge is 2.43. The van der Waals surface area contributed by atoms with Gasteiger partial charge in [-0.25, -0.2) is 4.79 Å². The van der Waals surface area contributed by atoms with Crippen molar-refractivity contribution in [3.8, 4) is 11.5 Å². The van der Waals surface area contributed by atoms with Gasteiger partial charge in [0.2, 0.25) is 0 Å². The van der Waals surface area contributed by atoms with Crippen LogP contribution in [0.3, 0.4) is 0 Å². The fraction of sp³-hybridized carbons (Fsp3) is 0.579.